The van der Waals surface area contributed by atoms with Crippen LogP contribution >= 0.6 is 0 Å². The minimum absolute atomic E-state index is 0.115. The topological polar surface area (TPSA) is 86.5 Å². The lowest BCUT2D eigenvalue weighted by molar-refractivity contribution is -0.387. The Morgan fingerprint density at radius 2 is 2.33 bits per heavy atom. The average molecular weight is 206 g/mol. The highest BCUT2D eigenvalue weighted by Gasteiger charge is 2.18. The maximum absolute atomic E-state index is 10.7. The summed E-state index contributed by atoms with van der Waals surface area (Å²) < 4.78 is 1.68. The molecule has 0 spiro atoms. The molecule has 0 aromatic carbocycles. The Hall–Kier alpha value is -1.95. The van der Waals surface area contributed by atoms with Crippen molar-refractivity contribution in [2.45, 2.75) is 13.5 Å². The Balaban J connectivity index is 2.75. The Labute approximate surface area is 85.5 Å². The van der Waals surface area contributed by atoms with Gasteiger partial charge in [-0.2, -0.15) is 0 Å². The zero-order valence-electron chi connectivity index (χ0n) is 8.17. The molecule has 0 aliphatic heterocycles. The minimum Gasteiger partial charge on any atom is -0.358 e. The van der Waals surface area contributed by atoms with Crippen molar-refractivity contribution in [1.29, 1.82) is 0 Å². The smallest absolute Gasteiger partial charge is 0.358 e. The summed E-state index contributed by atoms with van der Waals surface area (Å²) in [5.41, 5.74) is 6.90. The first-order chi connectivity index (χ1) is 7.13. The molecule has 0 atom stereocenters. The molecular formula is C9H10N4O2. The van der Waals surface area contributed by atoms with Crippen molar-refractivity contribution in [3.63, 3.8) is 0 Å². The number of hydrogen-bond donors (Lipinski definition) is 1. The van der Waals surface area contributed by atoms with Gasteiger partial charge in [0.05, 0.1) is 0 Å². The van der Waals surface area contributed by atoms with Gasteiger partial charge in [0.15, 0.2) is 0 Å². The van der Waals surface area contributed by atoms with Crippen LogP contribution in [-0.4, -0.2) is 14.3 Å². The molecule has 2 N–H and O–H groups in total. The van der Waals surface area contributed by atoms with E-state index in [4.69, 9.17) is 5.73 Å². The molecule has 0 saturated carbocycles. The number of nitro groups is 1. The number of aromatic nitrogens is 2. The van der Waals surface area contributed by atoms with Gasteiger partial charge in [-0.25, -0.2) is 0 Å². The molecule has 6 heteroatoms. The van der Waals surface area contributed by atoms with Crippen LogP contribution in [0.1, 0.15) is 11.4 Å². The standard InChI is InChI=1S/C9H10N4O2/c1-6-11-9(13(14)15)8-3-2-7(4-10)5-12(6)8/h2-3,5H,4,10H2,1H3. The fourth-order valence-corrected chi connectivity index (χ4v) is 1.51. The van der Waals surface area contributed by atoms with Crippen molar-refractivity contribution in [1.82, 2.24) is 9.38 Å². The molecule has 0 aliphatic carbocycles. The van der Waals surface area contributed by atoms with Gasteiger partial charge in [0, 0.05) is 19.7 Å². The second kappa shape index (κ2) is 3.32. The van der Waals surface area contributed by atoms with Crippen molar-refractivity contribution >= 4 is 11.3 Å². The highest BCUT2D eigenvalue weighted by atomic mass is 16.6. The van der Waals surface area contributed by atoms with Crippen LogP contribution in [0.5, 0.6) is 0 Å². The highest BCUT2D eigenvalue weighted by Crippen LogP contribution is 2.20. The van der Waals surface area contributed by atoms with E-state index in [0.717, 1.165) is 5.56 Å². The zero-order chi connectivity index (χ0) is 11.0. The zero-order valence-corrected chi connectivity index (χ0v) is 8.17. The first-order valence-electron chi connectivity index (χ1n) is 4.45. The lowest BCUT2D eigenvalue weighted by Crippen LogP contribution is -1.99. The van der Waals surface area contributed by atoms with Gasteiger partial charge < -0.3 is 15.8 Å². The number of imidazole rings is 1. The summed E-state index contributed by atoms with van der Waals surface area (Å²) in [6, 6.07) is 3.43. The number of nitrogens with zero attached hydrogens (tertiary/aromatic N) is 3. The van der Waals surface area contributed by atoms with Crippen molar-refractivity contribution in [3.8, 4) is 0 Å². The molecule has 0 bridgehead atoms. The van der Waals surface area contributed by atoms with E-state index in [2.05, 4.69) is 4.98 Å². The molecule has 0 aliphatic rings. The van der Waals surface area contributed by atoms with E-state index in [9.17, 15) is 10.1 Å². The molecular weight excluding hydrogens is 196 g/mol. The number of aryl methyl sites for hydroxylation is 1. The SMILES string of the molecule is Cc1nc([N+](=O)[O-])c2ccc(CN)cn12. The van der Waals surface area contributed by atoms with Gasteiger partial charge in [-0.1, -0.05) is 6.07 Å². The van der Waals surface area contributed by atoms with E-state index in [1.807, 2.05) is 0 Å². The van der Waals surface area contributed by atoms with Gasteiger partial charge in [-0.15, -0.1) is 0 Å². The van der Waals surface area contributed by atoms with Gasteiger partial charge in [0.1, 0.15) is 5.52 Å². The minimum atomic E-state index is -0.482. The summed E-state index contributed by atoms with van der Waals surface area (Å²) in [5.74, 6) is 0.475. The molecule has 0 fully saturated rings. The van der Waals surface area contributed by atoms with Gasteiger partial charge in [0.25, 0.3) is 0 Å². The van der Waals surface area contributed by atoms with E-state index < -0.39 is 4.92 Å². The van der Waals surface area contributed by atoms with Crippen LogP contribution in [0.25, 0.3) is 5.52 Å². The second-order valence-electron chi connectivity index (χ2n) is 3.24. The predicted octanol–water partition coefficient (Wildman–Crippen LogP) is 1.01. The first-order valence-corrected chi connectivity index (χ1v) is 4.45. The van der Waals surface area contributed by atoms with Crippen molar-refractivity contribution < 1.29 is 4.92 Å². The van der Waals surface area contributed by atoms with Gasteiger partial charge in [0.2, 0.25) is 5.82 Å². The maximum atomic E-state index is 10.7. The fourth-order valence-electron chi connectivity index (χ4n) is 1.51. The Kier molecular flexibility index (Phi) is 2.12. The molecule has 2 aromatic rings. The molecule has 2 heterocycles. The van der Waals surface area contributed by atoms with Crippen LogP contribution in [0, 0.1) is 17.0 Å². The largest absolute Gasteiger partial charge is 0.389 e. The number of hydrogen-bond acceptors (Lipinski definition) is 4. The lowest BCUT2D eigenvalue weighted by Gasteiger charge is -1.98. The molecule has 0 unspecified atom stereocenters. The summed E-state index contributed by atoms with van der Waals surface area (Å²) in [6.45, 7) is 2.13. The van der Waals surface area contributed by atoms with Crippen LogP contribution in [0.3, 0.4) is 0 Å². The molecule has 6 nitrogen and oxygen atoms in total. The summed E-state index contributed by atoms with van der Waals surface area (Å²) >= 11 is 0. The van der Waals surface area contributed by atoms with Crippen molar-refractivity contribution in [2.24, 2.45) is 5.73 Å². The fraction of sp³-hybridized carbons (Fsp3) is 0.222. The van der Waals surface area contributed by atoms with E-state index in [0.29, 0.717) is 17.9 Å². The van der Waals surface area contributed by atoms with Crippen LogP contribution in [0.15, 0.2) is 18.3 Å². The Bertz CT molecular complexity index is 532. The van der Waals surface area contributed by atoms with Crippen LogP contribution in [0.4, 0.5) is 5.82 Å². The molecule has 0 amide bonds. The molecule has 2 rings (SSSR count). The van der Waals surface area contributed by atoms with Crippen LogP contribution in [0.2, 0.25) is 0 Å². The van der Waals surface area contributed by atoms with Gasteiger partial charge >= 0.3 is 5.82 Å². The quantitative estimate of drug-likeness (QED) is 0.586. The summed E-state index contributed by atoms with van der Waals surface area (Å²) in [5, 5.41) is 10.7. The summed E-state index contributed by atoms with van der Waals surface area (Å²) in [4.78, 5) is 14.1. The van der Waals surface area contributed by atoms with Gasteiger partial charge in [-0.05, 0) is 21.5 Å². The molecule has 2 aromatic heterocycles. The molecule has 78 valence electrons. The maximum Gasteiger partial charge on any atom is 0.389 e. The normalized spacial score (nSPS) is 10.8. The third kappa shape index (κ3) is 1.44. The molecule has 0 saturated heterocycles. The first kappa shape index (κ1) is 9.60. The number of rotatable bonds is 2. The average Bonchev–Trinajstić information content (AvgIpc) is 2.56. The number of nitrogens with two attached hydrogens (primary N) is 1. The Morgan fingerprint density at radius 3 is 2.93 bits per heavy atom. The molecule has 0 radical (unpaired) electrons. The number of pyridine rings is 1. The molecule has 15 heavy (non-hydrogen) atoms. The third-order valence-corrected chi connectivity index (χ3v) is 2.26. The monoisotopic (exact) mass is 206 g/mol. The van der Waals surface area contributed by atoms with Gasteiger partial charge in [-0.3, -0.25) is 4.40 Å². The summed E-state index contributed by atoms with van der Waals surface area (Å²) in [6.07, 6.45) is 1.77. The van der Waals surface area contributed by atoms with E-state index in [1.54, 1.807) is 29.7 Å². The van der Waals surface area contributed by atoms with Crippen LogP contribution < -0.4 is 5.73 Å². The highest BCUT2D eigenvalue weighted by molar-refractivity contribution is 5.62. The van der Waals surface area contributed by atoms with E-state index in [1.165, 1.54) is 0 Å². The Morgan fingerprint density at radius 1 is 1.60 bits per heavy atom. The van der Waals surface area contributed by atoms with Crippen LogP contribution in [-0.2, 0) is 6.54 Å². The van der Waals surface area contributed by atoms with E-state index >= 15 is 0 Å². The number of fused-ring (bicyclic) bond motifs is 1. The van der Waals surface area contributed by atoms with E-state index in [-0.39, 0.29) is 5.82 Å². The third-order valence-electron chi connectivity index (χ3n) is 2.26. The van der Waals surface area contributed by atoms with Crippen molar-refractivity contribution in [3.05, 3.63) is 39.8 Å². The van der Waals surface area contributed by atoms with Crippen molar-refractivity contribution in [2.75, 3.05) is 0 Å². The predicted molar refractivity (Wildman–Crippen MR) is 54.5 cm³/mol. The summed E-state index contributed by atoms with van der Waals surface area (Å²) in [7, 11) is 0. The second-order valence-corrected chi connectivity index (χ2v) is 3.24. The lowest BCUT2D eigenvalue weighted by atomic mass is 10.2.